The largest absolute Gasteiger partial charge is 0.465 e. The summed E-state index contributed by atoms with van der Waals surface area (Å²) in [4.78, 5) is 45.0. The van der Waals surface area contributed by atoms with E-state index in [0.29, 0.717) is 37.5 Å². The molecule has 2 aromatic carbocycles. The van der Waals surface area contributed by atoms with Crippen LogP contribution in [-0.2, 0) is 4.74 Å². The number of fused-ring (bicyclic) bond motifs is 1. The molecule has 0 fully saturated rings. The lowest BCUT2D eigenvalue weighted by Crippen LogP contribution is -2.11. The van der Waals surface area contributed by atoms with Gasteiger partial charge in [0.15, 0.2) is 5.82 Å². The standard InChI is InChI=1S/C25H20ClN3O4S/c1-13-7-9-16(10-8-13)22(30)27-17-6-4-5-15(11-17)12-18(26)21-28-23(31)19-14(2)20(25(32)33-3)34-24(19)29-21/h4-12H,1-3H3,(H,27,30)(H,28,29,31)/b18-12-. The number of halogens is 1. The van der Waals surface area contributed by atoms with Crippen molar-refractivity contribution in [2.75, 3.05) is 12.4 Å². The van der Waals surface area contributed by atoms with Crippen LogP contribution in [0.15, 0.2) is 53.3 Å². The lowest BCUT2D eigenvalue weighted by molar-refractivity contribution is 0.0605. The monoisotopic (exact) mass is 493 g/mol. The van der Waals surface area contributed by atoms with Crippen molar-refractivity contribution in [1.29, 1.82) is 0 Å². The molecule has 0 spiro atoms. The number of nitrogens with zero attached hydrogens (tertiary/aromatic N) is 1. The predicted molar refractivity (Wildman–Crippen MR) is 136 cm³/mol. The topological polar surface area (TPSA) is 101 Å². The molecule has 172 valence electrons. The second-order valence-electron chi connectivity index (χ2n) is 7.58. The Balaban J connectivity index is 1.62. The summed E-state index contributed by atoms with van der Waals surface area (Å²) in [7, 11) is 1.28. The summed E-state index contributed by atoms with van der Waals surface area (Å²) in [5, 5.41) is 3.40. The third-order valence-electron chi connectivity index (χ3n) is 5.15. The Kier molecular flexibility index (Phi) is 6.63. The molecule has 2 N–H and O–H groups in total. The van der Waals surface area contributed by atoms with E-state index in [-0.39, 0.29) is 16.8 Å². The van der Waals surface area contributed by atoms with Crippen LogP contribution in [0.2, 0.25) is 0 Å². The number of rotatable bonds is 5. The number of aromatic nitrogens is 2. The average Bonchev–Trinajstić information content (AvgIpc) is 3.16. The number of carbonyl (C=O) groups excluding carboxylic acids is 2. The molecule has 0 bridgehead atoms. The highest BCUT2D eigenvalue weighted by molar-refractivity contribution is 7.20. The van der Waals surface area contributed by atoms with E-state index in [2.05, 4.69) is 15.3 Å². The van der Waals surface area contributed by atoms with Gasteiger partial charge in [-0.1, -0.05) is 41.4 Å². The fraction of sp³-hybridized carbons (Fsp3) is 0.120. The van der Waals surface area contributed by atoms with E-state index in [4.69, 9.17) is 16.3 Å². The summed E-state index contributed by atoms with van der Waals surface area (Å²) in [6, 6.07) is 14.4. The molecule has 1 amide bonds. The maximum atomic E-state index is 12.7. The van der Waals surface area contributed by atoms with Crippen molar-refractivity contribution < 1.29 is 14.3 Å². The maximum Gasteiger partial charge on any atom is 0.348 e. The van der Waals surface area contributed by atoms with Crippen LogP contribution in [-0.4, -0.2) is 29.0 Å². The van der Waals surface area contributed by atoms with Gasteiger partial charge < -0.3 is 15.0 Å². The highest BCUT2D eigenvalue weighted by Crippen LogP contribution is 2.29. The van der Waals surface area contributed by atoms with Crippen molar-refractivity contribution in [3.63, 3.8) is 0 Å². The Morgan fingerprint density at radius 2 is 1.88 bits per heavy atom. The molecule has 7 nitrogen and oxygen atoms in total. The third kappa shape index (κ3) is 4.78. The van der Waals surface area contributed by atoms with Crippen LogP contribution in [0.3, 0.4) is 0 Å². The molecular formula is C25H20ClN3O4S. The molecule has 0 radical (unpaired) electrons. The van der Waals surface area contributed by atoms with Crippen molar-refractivity contribution >= 4 is 61.8 Å². The zero-order chi connectivity index (χ0) is 24.4. The van der Waals surface area contributed by atoms with E-state index in [9.17, 15) is 14.4 Å². The van der Waals surface area contributed by atoms with Crippen LogP contribution in [0.5, 0.6) is 0 Å². The molecule has 0 atom stereocenters. The van der Waals surface area contributed by atoms with Crippen molar-refractivity contribution in [2.45, 2.75) is 13.8 Å². The summed E-state index contributed by atoms with van der Waals surface area (Å²) in [5.74, 6) is -0.573. The van der Waals surface area contributed by atoms with Gasteiger partial charge in [-0.2, -0.15) is 0 Å². The highest BCUT2D eigenvalue weighted by atomic mass is 35.5. The molecule has 9 heteroatoms. The molecule has 0 saturated heterocycles. The van der Waals surface area contributed by atoms with Crippen LogP contribution in [0, 0.1) is 13.8 Å². The zero-order valence-corrected chi connectivity index (χ0v) is 20.1. The number of nitrogens with one attached hydrogen (secondary N) is 2. The molecule has 0 saturated carbocycles. The van der Waals surface area contributed by atoms with Crippen molar-refractivity contribution in [3.8, 4) is 0 Å². The molecule has 0 aliphatic rings. The first kappa shape index (κ1) is 23.4. The minimum absolute atomic E-state index is 0.172. The van der Waals surface area contributed by atoms with E-state index >= 15 is 0 Å². The fourth-order valence-electron chi connectivity index (χ4n) is 3.37. The van der Waals surface area contributed by atoms with Crippen molar-refractivity contribution in [2.24, 2.45) is 0 Å². The number of thiophene rings is 1. The van der Waals surface area contributed by atoms with Crippen LogP contribution in [0.4, 0.5) is 5.69 Å². The Morgan fingerprint density at radius 3 is 2.59 bits per heavy atom. The molecule has 2 heterocycles. The molecule has 4 rings (SSSR count). The Hall–Kier alpha value is -3.75. The van der Waals surface area contributed by atoms with Gasteiger partial charge in [0.05, 0.1) is 17.5 Å². The second kappa shape index (κ2) is 9.62. The van der Waals surface area contributed by atoms with Crippen LogP contribution < -0.4 is 10.9 Å². The van der Waals surface area contributed by atoms with Crippen LogP contribution in [0.1, 0.15) is 42.5 Å². The third-order valence-corrected chi connectivity index (χ3v) is 6.60. The molecule has 0 unspecified atom stereocenters. The number of hydrogen-bond acceptors (Lipinski definition) is 6. The summed E-state index contributed by atoms with van der Waals surface area (Å²) < 4.78 is 4.78. The van der Waals surface area contributed by atoms with E-state index in [1.54, 1.807) is 43.3 Å². The van der Waals surface area contributed by atoms with E-state index in [0.717, 1.165) is 16.9 Å². The molecular weight excluding hydrogens is 474 g/mol. The van der Waals surface area contributed by atoms with Crippen LogP contribution in [0.25, 0.3) is 21.3 Å². The average molecular weight is 494 g/mol. The van der Waals surface area contributed by atoms with E-state index < -0.39 is 11.5 Å². The van der Waals surface area contributed by atoms with Gasteiger partial charge in [-0.25, -0.2) is 9.78 Å². The van der Waals surface area contributed by atoms with E-state index in [1.165, 1.54) is 7.11 Å². The quantitative estimate of drug-likeness (QED) is 0.363. The first-order valence-corrected chi connectivity index (χ1v) is 11.4. The van der Waals surface area contributed by atoms with Gasteiger partial charge in [0.25, 0.3) is 11.5 Å². The van der Waals surface area contributed by atoms with E-state index in [1.807, 2.05) is 25.1 Å². The first-order valence-electron chi connectivity index (χ1n) is 10.2. The number of carbonyl (C=O) groups is 2. The number of aryl methyl sites for hydroxylation is 2. The predicted octanol–water partition coefficient (Wildman–Crippen LogP) is 5.38. The van der Waals surface area contributed by atoms with Crippen molar-refractivity contribution in [1.82, 2.24) is 9.97 Å². The number of hydrogen-bond donors (Lipinski definition) is 2. The number of H-pyrrole nitrogens is 1. The number of ether oxygens (including phenoxy) is 1. The molecule has 0 aliphatic carbocycles. The summed E-state index contributed by atoms with van der Waals surface area (Å²) in [6.07, 6.45) is 1.63. The summed E-state index contributed by atoms with van der Waals surface area (Å²) in [5.41, 5.74) is 3.04. The normalized spacial score (nSPS) is 11.5. The first-order chi connectivity index (χ1) is 16.3. The molecule has 4 aromatic rings. The lowest BCUT2D eigenvalue weighted by Gasteiger charge is -2.07. The molecule has 2 aromatic heterocycles. The number of anilines is 1. The fourth-order valence-corrected chi connectivity index (χ4v) is 4.69. The summed E-state index contributed by atoms with van der Waals surface area (Å²) >= 11 is 7.55. The number of amides is 1. The summed E-state index contributed by atoms with van der Waals surface area (Å²) in [6.45, 7) is 3.63. The maximum absolute atomic E-state index is 12.7. The lowest BCUT2D eigenvalue weighted by atomic mass is 10.1. The number of methoxy groups -OCH3 is 1. The Bertz CT molecular complexity index is 1500. The van der Waals surface area contributed by atoms with Gasteiger partial charge in [0.2, 0.25) is 0 Å². The van der Waals surface area contributed by atoms with Crippen molar-refractivity contribution in [3.05, 3.63) is 91.8 Å². The van der Waals surface area contributed by atoms with Gasteiger partial charge in [0.1, 0.15) is 9.71 Å². The van der Waals surface area contributed by atoms with Gasteiger partial charge in [-0.15, -0.1) is 11.3 Å². The number of esters is 1. The van der Waals surface area contributed by atoms with Gasteiger partial charge in [0, 0.05) is 11.3 Å². The SMILES string of the molecule is COC(=O)c1sc2nc(/C(Cl)=C/c3cccc(NC(=O)c4ccc(C)cc4)c3)[nH]c(=O)c2c1C. The number of aromatic amines is 1. The second-order valence-corrected chi connectivity index (χ2v) is 8.99. The Morgan fingerprint density at radius 1 is 1.15 bits per heavy atom. The van der Waals surface area contributed by atoms with Gasteiger partial charge in [-0.05, 0) is 55.3 Å². The molecule has 34 heavy (non-hydrogen) atoms. The van der Waals surface area contributed by atoms with Crippen LogP contribution >= 0.6 is 22.9 Å². The Labute approximate surface area is 204 Å². The highest BCUT2D eigenvalue weighted by Gasteiger charge is 2.20. The van der Waals surface area contributed by atoms with Gasteiger partial charge >= 0.3 is 5.97 Å². The van der Waals surface area contributed by atoms with Gasteiger partial charge in [-0.3, -0.25) is 9.59 Å². The minimum Gasteiger partial charge on any atom is -0.465 e. The minimum atomic E-state index is -0.521. The smallest absolute Gasteiger partial charge is 0.348 e. The molecule has 0 aliphatic heterocycles. The zero-order valence-electron chi connectivity index (χ0n) is 18.6. The number of benzene rings is 2.